The second-order valence-corrected chi connectivity index (χ2v) is 7.33. The summed E-state index contributed by atoms with van der Waals surface area (Å²) in [4.78, 5) is 15.5. The van der Waals surface area contributed by atoms with Crippen molar-refractivity contribution in [1.29, 1.82) is 0 Å². The first-order valence-corrected chi connectivity index (χ1v) is 10.1. The first kappa shape index (κ1) is 17.9. The van der Waals surface area contributed by atoms with Gasteiger partial charge in [-0.25, -0.2) is 9.97 Å². The first-order chi connectivity index (χ1) is 14.2. The minimum Gasteiger partial charge on any atom is -0.377 e. The van der Waals surface area contributed by atoms with Crippen molar-refractivity contribution >= 4 is 16.7 Å². The lowest BCUT2D eigenvalue weighted by Gasteiger charge is -2.34. The number of benzene rings is 1. The predicted molar refractivity (Wildman–Crippen MR) is 114 cm³/mol. The number of aryl methyl sites for hydroxylation is 1. The van der Waals surface area contributed by atoms with Gasteiger partial charge in [0, 0.05) is 48.0 Å². The van der Waals surface area contributed by atoms with E-state index in [4.69, 9.17) is 14.7 Å². The van der Waals surface area contributed by atoms with Gasteiger partial charge in [0.05, 0.1) is 30.6 Å². The van der Waals surface area contributed by atoms with Crippen LogP contribution in [0.15, 0.2) is 48.8 Å². The fourth-order valence-corrected chi connectivity index (χ4v) is 3.98. The molecule has 29 heavy (non-hydrogen) atoms. The molecule has 1 saturated heterocycles. The molecule has 1 fully saturated rings. The first-order valence-electron chi connectivity index (χ1n) is 10.1. The summed E-state index contributed by atoms with van der Waals surface area (Å²) in [6.07, 6.45) is 3.78. The zero-order chi connectivity index (χ0) is 19.8. The molecule has 1 aromatic carbocycles. The molecule has 0 aliphatic carbocycles. The Labute approximate surface area is 169 Å². The van der Waals surface area contributed by atoms with Gasteiger partial charge in [-0.2, -0.15) is 5.10 Å². The maximum absolute atomic E-state index is 5.63. The summed E-state index contributed by atoms with van der Waals surface area (Å²) < 4.78 is 7.60. The molecule has 1 atom stereocenters. The molecule has 0 saturated carbocycles. The molecule has 0 amide bonds. The Morgan fingerprint density at radius 1 is 1.21 bits per heavy atom. The fourth-order valence-electron chi connectivity index (χ4n) is 3.98. The highest BCUT2D eigenvalue weighted by atomic mass is 16.5. The van der Waals surface area contributed by atoms with E-state index in [0.717, 1.165) is 52.6 Å². The van der Waals surface area contributed by atoms with Gasteiger partial charge in [0.1, 0.15) is 5.82 Å². The average Bonchev–Trinajstić information content (AvgIpc) is 3.42. The highest BCUT2D eigenvalue weighted by Crippen LogP contribution is 2.31. The molecule has 1 aliphatic rings. The molecule has 1 aliphatic heterocycles. The number of rotatable bonds is 4. The summed E-state index contributed by atoms with van der Waals surface area (Å²) in [6.45, 7) is 7.28. The van der Waals surface area contributed by atoms with E-state index in [1.807, 2.05) is 29.2 Å². The van der Waals surface area contributed by atoms with Gasteiger partial charge < -0.3 is 14.6 Å². The maximum Gasteiger partial charge on any atom is 0.162 e. The van der Waals surface area contributed by atoms with Crippen molar-refractivity contribution in [2.45, 2.75) is 26.4 Å². The van der Waals surface area contributed by atoms with Gasteiger partial charge >= 0.3 is 0 Å². The normalized spacial score (nSPS) is 17.2. The third-order valence-corrected chi connectivity index (χ3v) is 5.49. The summed E-state index contributed by atoms with van der Waals surface area (Å²) in [7, 11) is 0. The second-order valence-electron chi connectivity index (χ2n) is 7.33. The van der Waals surface area contributed by atoms with Crippen molar-refractivity contribution in [2.75, 3.05) is 24.7 Å². The van der Waals surface area contributed by atoms with Crippen LogP contribution in [0, 0.1) is 0 Å². The number of nitrogens with zero attached hydrogens (tertiary/aromatic N) is 5. The van der Waals surface area contributed by atoms with E-state index in [2.05, 4.69) is 53.1 Å². The molecule has 7 heteroatoms. The highest BCUT2D eigenvalue weighted by Gasteiger charge is 2.23. The van der Waals surface area contributed by atoms with Crippen LogP contribution in [0.2, 0.25) is 0 Å². The summed E-state index contributed by atoms with van der Waals surface area (Å²) >= 11 is 0. The van der Waals surface area contributed by atoms with Gasteiger partial charge in [-0.1, -0.05) is 12.1 Å². The number of hydrogen-bond acceptors (Lipinski definition) is 5. The number of aromatic amines is 1. The highest BCUT2D eigenvalue weighted by molar-refractivity contribution is 5.93. The smallest absolute Gasteiger partial charge is 0.162 e. The van der Waals surface area contributed by atoms with Crippen LogP contribution >= 0.6 is 0 Å². The SMILES string of the molecule is CCn1nccc1-c1cc(N2CCOC[C@H]2C)nc(-c2cccc3[nH]ccc23)n1. The zero-order valence-corrected chi connectivity index (χ0v) is 16.7. The lowest BCUT2D eigenvalue weighted by atomic mass is 10.1. The van der Waals surface area contributed by atoms with Crippen molar-refractivity contribution < 1.29 is 4.74 Å². The van der Waals surface area contributed by atoms with Crippen molar-refractivity contribution in [3.8, 4) is 22.8 Å². The second kappa shape index (κ2) is 7.33. The molecule has 3 aromatic heterocycles. The van der Waals surface area contributed by atoms with Crippen LogP contribution in [0.25, 0.3) is 33.7 Å². The zero-order valence-electron chi connectivity index (χ0n) is 16.7. The van der Waals surface area contributed by atoms with Gasteiger partial charge in [-0.15, -0.1) is 0 Å². The minimum absolute atomic E-state index is 0.262. The van der Waals surface area contributed by atoms with Crippen molar-refractivity contribution in [2.24, 2.45) is 0 Å². The predicted octanol–water partition coefficient (Wildman–Crippen LogP) is 3.73. The van der Waals surface area contributed by atoms with Crippen molar-refractivity contribution in [3.63, 3.8) is 0 Å². The Balaban J connectivity index is 1.71. The average molecular weight is 388 g/mol. The minimum atomic E-state index is 0.262. The van der Waals surface area contributed by atoms with E-state index in [1.54, 1.807) is 0 Å². The summed E-state index contributed by atoms with van der Waals surface area (Å²) in [5.41, 5.74) is 3.99. The van der Waals surface area contributed by atoms with E-state index >= 15 is 0 Å². The van der Waals surface area contributed by atoms with Gasteiger partial charge in [0.25, 0.3) is 0 Å². The quantitative estimate of drug-likeness (QED) is 0.577. The number of anilines is 1. The third-order valence-electron chi connectivity index (χ3n) is 5.49. The van der Waals surface area contributed by atoms with Crippen molar-refractivity contribution in [3.05, 3.63) is 48.8 Å². The third kappa shape index (κ3) is 3.17. The number of hydrogen-bond donors (Lipinski definition) is 1. The van der Waals surface area contributed by atoms with Gasteiger partial charge in [-0.3, -0.25) is 4.68 Å². The Hall–Kier alpha value is -3.19. The molecule has 148 valence electrons. The van der Waals surface area contributed by atoms with Crippen LogP contribution in [0.4, 0.5) is 5.82 Å². The van der Waals surface area contributed by atoms with Crippen molar-refractivity contribution in [1.82, 2.24) is 24.7 Å². The van der Waals surface area contributed by atoms with Gasteiger partial charge in [0.15, 0.2) is 5.82 Å². The summed E-state index contributed by atoms with van der Waals surface area (Å²) in [5, 5.41) is 5.55. The van der Waals surface area contributed by atoms with E-state index in [1.165, 1.54) is 0 Å². The van der Waals surface area contributed by atoms with E-state index in [0.29, 0.717) is 13.2 Å². The molecule has 4 heterocycles. The number of fused-ring (bicyclic) bond motifs is 1. The topological polar surface area (TPSA) is 71.9 Å². The monoisotopic (exact) mass is 388 g/mol. The van der Waals surface area contributed by atoms with Gasteiger partial charge in [0.2, 0.25) is 0 Å². The molecule has 4 aromatic rings. The Morgan fingerprint density at radius 3 is 3.00 bits per heavy atom. The lowest BCUT2D eigenvalue weighted by molar-refractivity contribution is 0.0985. The van der Waals surface area contributed by atoms with Crippen LogP contribution in [0.1, 0.15) is 13.8 Å². The molecule has 0 unspecified atom stereocenters. The summed E-state index contributed by atoms with van der Waals surface area (Å²) in [5.74, 6) is 1.66. The molecule has 5 rings (SSSR count). The summed E-state index contributed by atoms with van der Waals surface area (Å²) in [6, 6.07) is 12.6. The van der Waals surface area contributed by atoms with Crippen LogP contribution in [-0.4, -0.2) is 50.5 Å². The number of morpholine rings is 1. The van der Waals surface area contributed by atoms with Crippen LogP contribution in [0.5, 0.6) is 0 Å². The number of nitrogens with one attached hydrogen (secondary N) is 1. The van der Waals surface area contributed by atoms with E-state index < -0.39 is 0 Å². The lowest BCUT2D eigenvalue weighted by Crippen LogP contribution is -2.44. The standard InChI is InChI=1S/C22H24N6O/c1-3-28-20(8-10-24-28)19-13-21(27-11-12-29-14-15(27)2)26-22(25-19)17-5-4-6-18-16(17)7-9-23-18/h4-10,13,15,23H,3,11-12,14H2,1-2H3/t15-/m1/s1. The Morgan fingerprint density at radius 2 is 2.14 bits per heavy atom. The number of ether oxygens (including phenoxy) is 1. The largest absolute Gasteiger partial charge is 0.377 e. The van der Waals surface area contributed by atoms with Crippen LogP contribution in [0.3, 0.4) is 0 Å². The molecule has 0 bridgehead atoms. The Bertz CT molecular complexity index is 1150. The van der Waals surface area contributed by atoms with Crippen LogP contribution in [-0.2, 0) is 11.3 Å². The van der Waals surface area contributed by atoms with E-state index in [9.17, 15) is 0 Å². The molecule has 7 nitrogen and oxygen atoms in total. The Kier molecular flexibility index (Phi) is 4.52. The molecular formula is C22H24N6O. The molecule has 0 radical (unpaired) electrons. The molecular weight excluding hydrogens is 364 g/mol. The molecule has 1 N–H and O–H groups in total. The van der Waals surface area contributed by atoms with E-state index in [-0.39, 0.29) is 6.04 Å². The van der Waals surface area contributed by atoms with Gasteiger partial charge in [-0.05, 0) is 32.0 Å². The number of H-pyrrole nitrogens is 1. The molecule has 0 spiro atoms. The fraction of sp³-hybridized carbons (Fsp3) is 0.318. The van der Waals surface area contributed by atoms with Crippen LogP contribution < -0.4 is 4.90 Å². The maximum atomic E-state index is 5.63. The number of aromatic nitrogens is 5.